The molecule has 1 aromatic heterocycles. The van der Waals surface area contributed by atoms with E-state index in [1.54, 1.807) is 12.1 Å². The van der Waals surface area contributed by atoms with E-state index >= 15 is 0 Å². The molecule has 0 fully saturated rings. The van der Waals surface area contributed by atoms with Crippen LogP contribution in [0.3, 0.4) is 0 Å². The van der Waals surface area contributed by atoms with E-state index in [0.29, 0.717) is 18.2 Å². The second-order valence-corrected chi connectivity index (χ2v) is 5.93. The summed E-state index contributed by atoms with van der Waals surface area (Å²) in [6, 6.07) is 7.09. The Kier molecular flexibility index (Phi) is 4.19. The Morgan fingerprint density at radius 3 is 2.25 bits per heavy atom. The minimum atomic E-state index is -3.66. The number of anilines is 2. The Morgan fingerprint density at radius 2 is 1.70 bits per heavy atom. The van der Waals surface area contributed by atoms with Crippen molar-refractivity contribution in [2.75, 3.05) is 16.6 Å². The van der Waals surface area contributed by atoms with Gasteiger partial charge < -0.3 is 5.32 Å². The van der Waals surface area contributed by atoms with Crippen molar-refractivity contribution in [2.24, 2.45) is 0 Å². The molecule has 0 bridgehead atoms. The molecule has 20 heavy (non-hydrogen) atoms. The molecule has 1 aromatic carbocycles. The normalized spacial score (nSPS) is 11.1. The van der Waals surface area contributed by atoms with Crippen molar-refractivity contribution < 1.29 is 8.42 Å². The lowest BCUT2D eigenvalue weighted by molar-refractivity contribution is 0.600. The van der Waals surface area contributed by atoms with Crippen LogP contribution >= 0.6 is 0 Å². The summed E-state index contributed by atoms with van der Waals surface area (Å²) in [5.74, 6) is 0.404. The summed E-state index contributed by atoms with van der Waals surface area (Å²) in [7, 11) is -3.66. The molecular weight excluding hydrogens is 276 g/mol. The van der Waals surface area contributed by atoms with Crippen LogP contribution in [0.25, 0.3) is 0 Å². The van der Waals surface area contributed by atoms with Gasteiger partial charge in [-0.2, -0.15) is 0 Å². The summed E-state index contributed by atoms with van der Waals surface area (Å²) in [6.07, 6.45) is 2.56. The summed E-state index contributed by atoms with van der Waals surface area (Å²) in [6.45, 7) is 4.52. The molecule has 0 spiro atoms. The standard InChI is InChI=1S/C13H16N4O2S/c1-3-14-13-15-8-12(9-16-13)20(18,19)17-11-6-4-10(2)5-7-11/h4-9,17H,3H2,1-2H3,(H,14,15,16). The minimum absolute atomic E-state index is 0.0275. The number of nitrogens with zero attached hydrogens (tertiary/aromatic N) is 2. The summed E-state index contributed by atoms with van der Waals surface area (Å²) < 4.78 is 26.8. The van der Waals surface area contributed by atoms with E-state index in [9.17, 15) is 8.42 Å². The van der Waals surface area contributed by atoms with Crippen molar-refractivity contribution in [3.05, 3.63) is 42.2 Å². The van der Waals surface area contributed by atoms with Gasteiger partial charge in [-0.25, -0.2) is 18.4 Å². The highest BCUT2D eigenvalue weighted by molar-refractivity contribution is 7.92. The predicted molar refractivity (Wildman–Crippen MR) is 78.2 cm³/mol. The zero-order chi connectivity index (χ0) is 14.6. The third-order valence-electron chi connectivity index (χ3n) is 2.58. The first-order chi connectivity index (χ1) is 9.51. The van der Waals surface area contributed by atoms with Gasteiger partial charge in [0.1, 0.15) is 4.90 Å². The first kappa shape index (κ1) is 14.3. The first-order valence-corrected chi connectivity index (χ1v) is 7.65. The number of sulfonamides is 1. The van der Waals surface area contributed by atoms with Crippen LogP contribution in [0.15, 0.2) is 41.6 Å². The summed E-state index contributed by atoms with van der Waals surface area (Å²) in [5, 5.41) is 2.90. The molecule has 0 aliphatic carbocycles. The molecule has 0 radical (unpaired) electrons. The van der Waals surface area contributed by atoms with Crippen LogP contribution in [-0.4, -0.2) is 24.9 Å². The third kappa shape index (κ3) is 3.45. The fourth-order valence-corrected chi connectivity index (χ4v) is 2.49. The van der Waals surface area contributed by atoms with E-state index < -0.39 is 10.0 Å². The van der Waals surface area contributed by atoms with Crippen LogP contribution in [0.5, 0.6) is 0 Å². The molecular formula is C13H16N4O2S. The van der Waals surface area contributed by atoms with Gasteiger partial charge in [0.05, 0.1) is 12.4 Å². The topological polar surface area (TPSA) is 84.0 Å². The van der Waals surface area contributed by atoms with Crippen molar-refractivity contribution >= 4 is 21.7 Å². The predicted octanol–water partition coefficient (Wildman–Crippen LogP) is 2.02. The zero-order valence-corrected chi connectivity index (χ0v) is 12.1. The van der Waals surface area contributed by atoms with E-state index in [1.807, 2.05) is 26.0 Å². The molecule has 0 amide bonds. The Balaban J connectivity index is 2.19. The van der Waals surface area contributed by atoms with Crippen LogP contribution in [0, 0.1) is 6.92 Å². The molecule has 2 rings (SSSR count). The molecule has 7 heteroatoms. The molecule has 0 saturated carbocycles. The first-order valence-electron chi connectivity index (χ1n) is 6.16. The number of rotatable bonds is 5. The molecule has 2 aromatic rings. The van der Waals surface area contributed by atoms with Gasteiger partial charge >= 0.3 is 0 Å². The highest BCUT2D eigenvalue weighted by atomic mass is 32.2. The van der Waals surface area contributed by atoms with Gasteiger partial charge in [0.2, 0.25) is 5.95 Å². The van der Waals surface area contributed by atoms with Crippen LogP contribution < -0.4 is 10.0 Å². The van der Waals surface area contributed by atoms with Crippen LogP contribution in [0.4, 0.5) is 11.6 Å². The van der Waals surface area contributed by atoms with E-state index in [2.05, 4.69) is 20.0 Å². The molecule has 1 heterocycles. The Hall–Kier alpha value is -2.15. The molecule has 106 valence electrons. The monoisotopic (exact) mass is 292 g/mol. The highest BCUT2D eigenvalue weighted by Gasteiger charge is 2.15. The maximum absolute atomic E-state index is 12.1. The average molecular weight is 292 g/mol. The van der Waals surface area contributed by atoms with Crippen molar-refractivity contribution in [1.82, 2.24) is 9.97 Å². The summed E-state index contributed by atoms with van der Waals surface area (Å²) in [4.78, 5) is 7.93. The van der Waals surface area contributed by atoms with E-state index in [-0.39, 0.29) is 4.90 Å². The van der Waals surface area contributed by atoms with Crippen molar-refractivity contribution in [2.45, 2.75) is 18.7 Å². The summed E-state index contributed by atoms with van der Waals surface area (Å²) in [5.41, 5.74) is 1.57. The highest BCUT2D eigenvalue weighted by Crippen LogP contribution is 2.15. The molecule has 0 aliphatic heterocycles. The fourth-order valence-electron chi connectivity index (χ4n) is 1.54. The lowest BCUT2D eigenvalue weighted by Gasteiger charge is -2.08. The second kappa shape index (κ2) is 5.87. The van der Waals surface area contributed by atoms with Crippen molar-refractivity contribution in [3.63, 3.8) is 0 Å². The van der Waals surface area contributed by atoms with Gasteiger partial charge in [0.25, 0.3) is 10.0 Å². The van der Waals surface area contributed by atoms with Crippen LogP contribution in [-0.2, 0) is 10.0 Å². The van der Waals surface area contributed by atoms with Gasteiger partial charge in [-0.3, -0.25) is 4.72 Å². The molecule has 6 nitrogen and oxygen atoms in total. The second-order valence-electron chi connectivity index (χ2n) is 4.24. The molecule has 0 unspecified atom stereocenters. The van der Waals surface area contributed by atoms with Gasteiger partial charge in [0, 0.05) is 12.2 Å². The van der Waals surface area contributed by atoms with Gasteiger partial charge in [-0.05, 0) is 26.0 Å². The minimum Gasteiger partial charge on any atom is -0.355 e. The Labute approximate surface area is 118 Å². The number of nitrogens with one attached hydrogen (secondary N) is 2. The molecule has 2 N–H and O–H groups in total. The molecule has 0 atom stereocenters. The van der Waals surface area contributed by atoms with Gasteiger partial charge in [-0.1, -0.05) is 17.7 Å². The average Bonchev–Trinajstić information content (AvgIpc) is 2.42. The Bertz CT molecular complexity index is 667. The zero-order valence-electron chi connectivity index (χ0n) is 11.3. The number of hydrogen-bond donors (Lipinski definition) is 2. The third-order valence-corrected chi connectivity index (χ3v) is 3.91. The van der Waals surface area contributed by atoms with Crippen molar-refractivity contribution in [3.8, 4) is 0 Å². The van der Waals surface area contributed by atoms with E-state index in [4.69, 9.17) is 0 Å². The van der Waals surface area contributed by atoms with Crippen LogP contribution in [0.1, 0.15) is 12.5 Å². The fraction of sp³-hybridized carbons (Fsp3) is 0.231. The largest absolute Gasteiger partial charge is 0.355 e. The molecule has 0 saturated heterocycles. The number of benzene rings is 1. The number of hydrogen-bond acceptors (Lipinski definition) is 5. The van der Waals surface area contributed by atoms with Gasteiger partial charge in [0.15, 0.2) is 0 Å². The van der Waals surface area contributed by atoms with Gasteiger partial charge in [-0.15, -0.1) is 0 Å². The number of aryl methyl sites for hydroxylation is 1. The number of aromatic nitrogens is 2. The quantitative estimate of drug-likeness (QED) is 0.880. The Morgan fingerprint density at radius 1 is 1.10 bits per heavy atom. The summed E-state index contributed by atoms with van der Waals surface area (Å²) >= 11 is 0. The maximum atomic E-state index is 12.1. The van der Waals surface area contributed by atoms with E-state index in [1.165, 1.54) is 12.4 Å². The van der Waals surface area contributed by atoms with E-state index in [0.717, 1.165) is 5.56 Å². The van der Waals surface area contributed by atoms with Crippen molar-refractivity contribution in [1.29, 1.82) is 0 Å². The maximum Gasteiger partial charge on any atom is 0.264 e. The van der Waals surface area contributed by atoms with Crippen LogP contribution in [0.2, 0.25) is 0 Å². The molecule has 0 aliphatic rings. The smallest absolute Gasteiger partial charge is 0.264 e. The lowest BCUT2D eigenvalue weighted by Crippen LogP contribution is -2.14. The lowest BCUT2D eigenvalue weighted by atomic mass is 10.2. The SMILES string of the molecule is CCNc1ncc(S(=O)(=O)Nc2ccc(C)cc2)cn1.